The molecule has 1 aromatic carbocycles. The molecule has 1 N–H and O–H groups in total. The molecule has 2 aliphatic rings. The summed E-state index contributed by atoms with van der Waals surface area (Å²) in [7, 11) is -2.03. The van der Waals surface area contributed by atoms with E-state index in [9.17, 15) is 14.7 Å². The van der Waals surface area contributed by atoms with Crippen LogP contribution in [-0.2, 0) is 28.3 Å². The number of aliphatic hydroxyl groups is 1. The fourth-order valence-electron chi connectivity index (χ4n) is 4.87. The number of carbonyl (C=O) groups is 1. The van der Waals surface area contributed by atoms with Crippen molar-refractivity contribution in [2.24, 2.45) is 0 Å². The van der Waals surface area contributed by atoms with Crippen LogP contribution < -0.4 is 10.7 Å². The van der Waals surface area contributed by atoms with Crippen molar-refractivity contribution in [2.75, 3.05) is 0 Å². The first-order chi connectivity index (χ1) is 14.7. The van der Waals surface area contributed by atoms with Gasteiger partial charge in [-0.15, -0.1) is 6.58 Å². The van der Waals surface area contributed by atoms with E-state index in [1.807, 2.05) is 23.9 Å². The third-order valence-corrected chi connectivity index (χ3v) is 9.63. The fourth-order valence-corrected chi connectivity index (χ4v) is 6.95. The van der Waals surface area contributed by atoms with Gasteiger partial charge in [0, 0.05) is 16.5 Å². The van der Waals surface area contributed by atoms with Gasteiger partial charge in [-0.25, -0.2) is 9.78 Å². The Balaban J connectivity index is 1.87. The summed E-state index contributed by atoms with van der Waals surface area (Å²) >= 11 is 0. The number of esters is 1. The van der Waals surface area contributed by atoms with Gasteiger partial charge in [0.2, 0.25) is 0 Å². The van der Waals surface area contributed by atoms with Gasteiger partial charge in [0.25, 0.3) is 5.56 Å². The zero-order valence-corrected chi connectivity index (χ0v) is 18.9. The molecule has 0 saturated heterocycles. The third-order valence-electron chi connectivity index (χ3n) is 6.75. The Labute approximate surface area is 180 Å². The van der Waals surface area contributed by atoms with E-state index in [4.69, 9.17) is 9.72 Å². The average Bonchev–Trinajstić information content (AvgIpc) is 3.13. The standard InChI is InChI=1S/C24H24N2O4Si/c1-5-24(29)17-11-19-20-15(12-26(19)22(27)16(17)13-30-23(24)28)21(31(3,4)6-2)14-9-7-8-10-18(14)25-20/h6-11,29H,2,5,12-13H2,1,3-4H3/t24-/m0/s1. The van der Waals surface area contributed by atoms with Crippen molar-refractivity contribution >= 4 is 30.1 Å². The lowest BCUT2D eigenvalue weighted by Crippen LogP contribution is -2.44. The maximum Gasteiger partial charge on any atom is 0.343 e. The molecule has 0 spiro atoms. The summed E-state index contributed by atoms with van der Waals surface area (Å²) in [6, 6.07) is 9.78. The van der Waals surface area contributed by atoms with Crippen molar-refractivity contribution in [2.45, 2.75) is 45.2 Å². The summed E-state index contributed by atoms with van der Waals surface area (Å²) in [5.74, 6) is -0.711. The van der Waals surface area contributed by atoms with E-state index in [0.717, 1.165) is 22.2 Å². The van der Waals surface area contributed by atoms with E-state index in [2.05, 4.69) is 25.7 Å². The van der Waals surface area contributed by atoms with E-state index in [0.29, 0.717) is 23.4 Å². The van der Waals surface area contributed by atoms with Gasteiger partial charge in [0.1, 0.15) is 14.7 Å². The molecule has 2 aliphatic heterocycles. The Morgan fingerprint density at radius 2 is 2.03 bits per heavy atom. The molecule has 2 aromatic heterocycles. The molecule has 31 heavy (non-hydrogen) atoms. The number of hydrogen-bond acceptors (Lipinski definition) is 5. The zero-order valence-electron chi connectivity index (χ0n) is 17.9. The quantitative estimate of drug-likeness (QED) is 0.398. The van der Waals surface area contributed by atoms with Crippen LogP contribution in [0.15, 0.2) is 47.4 Å². The number of pyridine rings is 2. The van der Waals surface area contributed by atoms with Crippen LogP contribution in [0.2, 0.25) is 13.1 Å². The van der Waals surface area contributed by atoms with Crippen molar-refractivity contribution in [3.8, 4) is 11.4 Å². The van der Waals surface area contributed by atoms with Gasteiger partial charge < -0.3 is 14.4 Å². The molecule has 6 nitrogen and oxygen atoms in total. The smallest absolute Gasteiger partial charge is 0.343 e. The summed E-state index contributed by atoms with van der Waals surface area (Å²) in [5, 5.41) is 13.4. The molecular weight excluding hydrogens is 408 g/mol. The van der Waals surface area contributed by atoms with Gasteiger partial charge in [0.05, 0.1) is 29.0 Å². The first-order valence-corrected chi connectivity index (χ1v) is 13.5. The minimum atomic E-state index is -2.03. The monoisotopic (exact) mass is 432 g/mol. The van der Waals surface area contributed by atoms with E-state index >= 15 is 0 Å². The Bertz CT molecular complexity index is 1360. The van der Waals surface area contributed by atoms with Crippen LogP contribution in [0.25, 0.3) is 22.3 Å². The SMILES string of the molecule is C=C[Si](C)(C)c1c2c(nc3ccccc13)-c1cc3c(c(=O)n1C2)COC(=O)[C@]3(O)CC. The fraction of sp³-hybridized carbons (Fsp3) is 0.292. The molecule has 0 unspecified atom stereocenters. The molecule has 0 radical (unpaired) electrons. The molecule has 5 rings (SSSR count). The van der Waals surface area contributed by atoms with Crippen LogP contribution >= 0.6 is 0 Å². The molecule has 0 amide bonds. The number of para-hydroxylation sites is 1. The molecular formula is C24H24N2O4Si. The number of fused-ring (bicyclic) bond motifs is 5. The largest absolute Gasteiger partial charge is 0.458 e. The second-order valence-electron chi connectivity index (χ2n) is 8.86. The molecule has 158 valence electrons. The number of aromatic nitrogens is 2. The van der Waals surface area contributed by atoms with Crippen LogP contribution in [0.1, 0.15) is 30.0 Å². The van der Waals surface area contributed by atoms with Crippen LogP contribution in [-0.4, -0.2) is 28.7 Å². The molecule has 0 saturated carbocycles. The average molecular weight is 433 g/mol. The highest BCUT2D eigenvalue weighted by molar-refractivity contribution is 6.95. The predicted octanol–water partition coefficient (Wildman–Crippen LogP) is 2.72. The van der Waals surface area contributed by atoms with Crippen molar-refractivity contribution in [3.63, 3.8) is 0 Å². The van der Waals surface area contributed by atoms with Crippen molar-refractivity contribution in [3.05, 3.63) is 69.7 Å². The second kappa shape index (κ2) is 6.48. The summed E-state index contributed by atoms with van der Waals surface area (Å²) in [6.45, 7) is 10.6. The Kier molecular flexibility index (Phi) is 4.16. The van der Waals surface area contributed by atoms with Crippen LogP contribution in [0.3, 0.4) is 0 Å². The predicted molar refractivity (Wildman–Crippen MR) is 122 cm³/mol. The highest BCUT2D eigenvalue weighted by Crippen LogP contribution is 2.38. The first-order valence-electron chi connectivity index (χ1n) is 10.5. The molecule has 1 atom stereocenters. The van der Waals surface area contributed by atoms with Gasteiger partial charge in [0.15, 0.2) is 5.60 Å². The van der Waals surface area contributed by atoms with E-state index < -0.39 is 19.6 Å². The summed E-state index contributed by atoms with van der Waals surface area (Å²) in [5.41, 5.74) is 3.95. The number of nitrogens with zero attached hydrogens (tertiary/aromatic N) is 2. The van der Waals surface area contributed by atoms with Gasteiger partial charge in [-0.2, -0.15) is 0 Å². The Morgan fingerprint density at radius 3 is 2.74 bits per heavy atom. The molecule has 0 aliphatic carbocycles. The van der Waals surface area contributed by atoms with E-state index in [1.54, 1.807) is 17.6 Å². The summed E-state index contributed by atoms with van der Waals surface area (Å²) < 4.78 is 6.86. The molecule has 4 heterocycles. The number of cyclic esters (lactones) is 1. The number of hydrogen-bond donors (Lipinski definition) is 1. The first kappa shape index (κ1) is 19.9. The maximum absolute atomic E-state index is 13.4. The van der Waals surface area contributed by atoms with Crippen LogP contribution in [0.4, 0.5) is 0 Å². The van der Waals surface area contributed by atoms with Crippen LogP contribution in [0, 0.1) is 0 Å². The zero-order chi connectivity index (χ0) is 22.1. The van der Waals surface area contributed by atoms with Gasteiger partial charge in [-0.05, 0) is 23.7 Å². The topological polar surface area (TPSA) is 81.4 Å². The van der Waals surface area contributed by atoms with Gasteiger partial charge >= 0.3 is 5.97 Å². The molecule has 0 fully saturated rings. The van der Waals surface area contributed by atoms with Crippen LogP contribution in [0.5, 0.6) is 0 Å². The van der Waals surface area contributed by atoms with Gasteiger partial charge in [-0.1, -0.05) is 43.9 Å². The van der Waals surface area contributed by atoms with Crippen molar-refractivity contribution < 1.29 is 14.6 Å². The number of carbonyl (C=O) groups excluding carboxylic acids is 1. The number of benzene rings is 1. The molecule has 3 aromatic rings. The maximum atomic E-state index is 13.4. The summed E-state index contributed by atoms with van der Waals surface area (Å²) in [4.78, 5) is 30.7. The molecule has 7 heteroatoms. The highest BCUT2D eigenvalue weighted by atomic mass is 28.3. The van der Waals surface area contributed by atoms with E-state index in [1.165, 1.54) is 5.19 Å². The minimum absolute atomic E-state index is 0.124. The number of rotatable bonds is 3. The second-order valence-corrected chi connectivity index (χ2v) is 13.2. The minimum Gasteiger partial charge on any atom is -0.458 e. The van der Waals surface area contributed by atoms with E-state index in [-0.39, 0.29) is 18.6 Å². The highest BCUT2D eigenvalue weighted by Gasteiger charge is 2.45. The summed E-state index contributed by atoms with van der Waals surface area (Å²) in [6.07, 6.45) is 0.126. The third kappa shape index (κ3) is 2.56. The lowest BCUT2D eigenvalue weighted by Gasteiger charge is -2.31. The molecule has 0 bridgehead atoms. The Hall–Kier alpha value is -3.03. The van der Waals surface area contributed by atoms with Gasteiger partial charge in [-0.3, -0.25) is 4.79 Å². The number of ether oxygens (including phenoxy) is 1. The van der Waals surface area contributed by atoms with Crippen molar-refractivity contribution in [1.29, 1.82) is 0 Å². The lowest BCUT2D eigenvalue weighted by atomic mass is 9.86. The van der Waals surface area contributed by atoms with Crippen molar-refractivity contribution in [1.82, 2.24) is 9.55 Å². The normalized spacial score (nSPS) is 19.5. The lowest BCUT2D eigenvalue weighted by molar-refractivity contribution is -0.172. The Morgan fingerprint density at radius 1 is 1.29 bits per heavy atom.